The Morgan fingerprint density at radius 1 is 0.702 bits per heavy atom. The second-order valence-corrected chi connectivity index (χ2v) is 12.0. The Hall–Kier alpha value is -6.96. The van der Waals surface area contributed by atoms with E-state index >= 15 is 0 Å². The van der Waals surface area contributed by atoms with Crippen LogP contribution in [-0.2, 0) is 38.5 Å². The number of aryl methyl sites for hydroxylation is 2. The van der Waals surface area contributed by atoms with Gasteiger partial charge in [-0.05, 0) is 84.9 Å². The fourth-order valence-corrected chi connectivity index (χ4v) is 5.34. The van der Waals surface area contributed by atoms with Gasteiger partial charge in [0, 0.05) is 37.6 Å². The van der Waals surface area contributed by atoms with E-state index in [0.29, 0.717) is 45.2 Å². The van der Waals surface area contributed by atoms with E-state index in [0.717, 1.165) is 11.4 Å². The van der Waals surface area contributed by atoms with Crippen LogP contribution in [0.1, 0.15) is 17.1 Å². The van der Waals surface area contributed by atoms with Gasteiger partial charge >= 0.3 is 24.5 Å². The predicted molar refractivity (Wildman–Crippen MR) is 188 cm³/mol. The Balaban J connectivity index is 0.000000166. The number of fused-ring (bicyclic) bond motifs is 2. The molecular weight excluding hydrogens is 768 g/mol. The van der Waals surface area contributed by atoms with Gasteiger partial charge in [0.2, 0.25) is 0 Å². The number of nitrogens with zero attached hydrogens (tertiary/aromatic N) is 7. The number of oxazole rings is 1. The van der Waals surface area contributed by atoms with E-state index in [2.05, 4.69) is 29.6 Å². The summed E-state index contributed by atoms with van der Waals surface area (Å²) in [7, 11) is 3.55. The average Bonchev–Trinajstić information content (AvgIpc) is 3.94. The van der Waals surface area contributed by atoms with E-state index < -0.39 is 18.5 Å². The first kappa shape index (κ1) is 39.7. The molecule has 0 radical (unpaired) electrons. The highest BCUT2D eigenvalue weighted by atomic mass is 19.4. The third kappa shape index (κ3) is 10.2. The van der Waals surface area contributed by atoms with Crippen LogP contribution < -0.4 is 20.0 Å². The lowest BCUT2D eigenvalue weighted by atomic mass is 10.1. The Labute approximate surface area is 317 Å². The molecule has 0 atom stereocenters. The van der Waals surface area contributed by atoms with Crippen LogP contribution in [0.2, 0.25) is 0 Å². The molecule has 14 nitrogen and oxygen atoms in total. The summed E-state index contributed by atoms with van der Waals surface area (Å²) in [6, 6.07) is 20.7. The number of halogens is 6. The van der Waals surface area contributed by atoms with E-state index in [-0.39, 0.29) is 37.0 Å². The second kappa shape index (κ2) is 16.4. The van der Waals surface area contributed by atoms with Crippen LogP contribution in [0.3, 0.4) is 0 Å². The van der Waals surface area contributed by atoms with Crippen molar-refractivity contribution in [3.8, 4) is 39.8 Å². The molecule has 1 aliphatic heterocycles. The second-order valence-electron chi connectivity index (χ2n) is 12.0. The molecule has 0 amide bonds. The molecule has 0 bridgehead atoms. The summed E-state index contributed by atoms with van der Waals surface area (Å²) < 4.78 is 95.5. The number of esters is 1. The first-order chi connectivity index (χ1) is 27.0. The van der Waals surface area contributed by atoms with Crippen LogP contribution in [0, 0.1) is 0 Å². The highest BCUT2D eigenvalue weighted by Gasteiger charge is 2.32. The van der Waals surface area contributed by atoms with Crippen LogP contribution >= 0.6 is 0 Å². The molecule has 5 aromatic heterocycles. The number of benzene rings is 2. The first-order valence-corrected chi connectivity index (χ1v) is 16.5. The van der Waals surface area contributed by atoms with Gasteiger partial charge in [0.15, 0.2) is 17.0 Å². The highest BCUT2D eigenvalue weighted by Crippen LogP contribution is 2.30. The van der Waals surface area contributed by atoms with E-state index in [9.17, 15) is 35.9 Å². The maximum Gasteiger partial charge on any atom is 0.573 e. The van der Waals surface area contributed by atoms with Gasteiger partial charge in [-0.3, -0.25) is 18.7 Å². The molecule has 0 fully saturated rings. The Kier molecular flexibility index (Phi) is 11.4. The largest absolute Gasteiger partial charge is 0.573 e. The number of hydrogen-bond donors (Lipinski definition) is 1. The molecular formula is C37H29F6N7O7. The quantitative estimate of drug-likeness (QED) is 0.141. The van der Waals surface area contributed by atoms with Gasteiger partial charge in [0.05, 0.1) is 48.0 Å². The molecule has 0 spiro atoms. The van der Waals surface area contributed by atoms with Crippen LogP contribution in [0.4, 0.5) is 26.3 Å². The summed E-state index contributed by atoms with van der Waals surface area (Å²) in [5, 5.41) is 16.5. The Morgan fingerprint density at radius 2 is 1.23 bits per heavy atom. The van der Waals surface area contributed by atoms with Gasteiger partial charge < -0.3 is 23.7 Å². The lowest BCUT2D eigenvalue weighted by Crippen LogP contribution is -2.17. The normalized spacial score (nSPS) is 12.3. The molecule has 20 heteroatoms. The fourth-order valence-electron chi connectivity index (χ4n) is 5.34. The molecule has 0 saturated heterocycles. The molecule has 1 N–H and O–H groups in total. The van der Waals surface area contributed by atoms with Gasteiger partial charge in [-0.1, -0.05) is 0 Å². The molecule has 296 valence electrons. The van der Waals surface area contributed by atoms with Crippen molar-refractivity contribution in [2.75, 3.05) is 0 Å². The predicted octanol–water partition coefficient (Wildman–Crippen LogP) is 6.36. The van der Waals surface area contributed by atoms with Gasteiger partial charge in [-0.25, -0.2) is 14.8 Å². The van der Waals surface area contributed by atoms with Crippen LogP contribution in [0.25, 0.3) is 33.7 Å². The average molecular weight is 798 g/mol. The standard InChI is InChI=1S/C18H13F3N4O3.C14H8F3NO3.C5H8N2O/c1-24-12(8-9-22-24)10-25-16-15(27-17(25)26)7-6-14(23-16)11-2-4-13(5-3-11)28-18(19,20)21;15-14(16,17)21-9-3-1-8(2-4-9)10-5-6-12-11(18-10)7-13(19)20-12;1-7-5(4-8)2-3-6-7/h2-9H,10H2,1H3;1-6H,7H2;2-3,8H,4H2,1H3. The van der Waals surface area contributed by atoms with Crippen LogP contribution in [0.5, 0.6) is 17.2 Å². The zero-order chi connectivity index (χ0) is 40.9. The molecule has 2 aromatic carbocycles. The number of hydrogen-bond acceptors (Lipinski definition) is 11. The number of carbonyl (C=O) groups excluding carboxylic acids is 1. The summed E-state index contributed by atoms with van der Waals surface area (Å²) in [4.78, 5) is 32.1. The maximum absolute atomic E-state index is 12.3. The number of rotatable bonds is 7. The minimum atomic E-state index is -4.75. The maximum atomic E-state index is 12.3. The minimum absolute atomic E-state index is 0.0660. The monoisotopic (exact) mass is 797 g/mol. The third-order valence-corrected chi connectivity index (χ3v) is 8.07. The molecule has 8 rings (SSSR count). The number of alkyl halides is 6. The first-order valence-electron chi connectivity index (χ1n) is 16.5. The fraction of sp³-hybridized carbons (Fsp3) is 0.189. The number of carbonyl (C=O) groups is 1. The lowest BCUT2D eigenvalue weighted by Gasteiger charge is -2.09. The smallest absolute Gasteiger partial charge is 0.424 e. The number of aliphatic hydroxyl groups excluding tert-OH is 1. The van der Waals surface area contributed by atoms with E-state index in [1.807, 2.05) is 0 Å². The zero-order valence-electron chi connectivity index (χ0n) is 29.7. The van der Waals surface area contributed by atoms with E-state index in [4.69, 9.17) is 14.3 Å². The zero-order valence-corrected chi connectivity index (χ0v) is 29.7. The van der Waals surface area contributed by atoms with Gasteiger partial charge in [-0.15, -0.1) is 26.3 Å². The Bertz CT molecular complexity index is 2540. The summed E-state index contributed by atoms with van der Waals surface area (Å²) in [5.41, 5.74) is 5.00. The summed E-state index contributed by atoms with van der Waals surface area (Å²) in [5.74, 6) is -1.14. The summed E-state index contributed by atoms with van der Waals surface area (Å²) >= 11 is 0. The molecule has 0 aliphatic carbocycles. The lowest BCUT2D eigenvalue weighted by molar-refractivity contribution is -0.275. The van der Waals surface area contributed by atoms with Crippen molar-refractivity contribution >= 4 is 17.2 Å². The van der Waals surface area contributed by atoms with Gasteiger partial charge in [0.25, 0.3) is 0 Å². The molecule has 0 unspecified atom stereocenters. The summed E-state index contributed by atoms with van der Waals surface area (Å²) in [6.07, 6.45) is -6.10. The molecule has 1 aliphatic rings. The van der Waals surface area contributed by atoms with Crippen molar-refractivity contribution in [1.82, 2.24) is 34.1 Å². The molecule has 57 heavy (non-hydrogen) atoms. The van der Waals surface area contributed by atoms with Crippen LogP contribution in [-0.4, -0.2) is 57.9 Å². The topological polar surface area (TPSA) is 162 Å². The van der Waals surface area contributed by atoms with E-state index in [1.165, 1.54) is 53.1 Å². The third-order valence-electron chi connectivity index (χ3n) is 8.07. The molecule has 0 saturated carbocycles. The van der Waals surface area contributed by atoms with Crippen molar-refractivity contribution in [2.24, 2.45) is 14.1 Å². The summed E-state index contributed by atoms with van der Waals surface area (Å²) in [6.45, 7) is 0.285. The molecule has 7 aromatic rings. The minimum Gasteiger partial charge on any atom is -0.424 e. The van der Waals surface area contributed by atoms with Gasteiger partial charge in [-0.2, -0.15) is 10.2 Å². The number of pyridine rings is 2. The number of aromatic nitrogens is 7. The van der Waals surface area contributed by atoms with Crippen molar-refractivity contribution in [3.63, 3.8) is 0 Å². The highest BCUT2D eigenvalue weighted by molar-refractivity contribution is 5.80. The van der Waals surface area contributed by atoms with Crippen molar-refractivity contribution in [1.29, 1.82) is 0 Å². The Morgan fingerprint density at radius 3 is 1.72 bits per heavy atom. The number of aliphatic hydroxyl groups is 1. The van der Waals surface area contributed by atoms with Gasteiger partial charge in [0.1, 0.15) is 11.5 Å². The van der Waals surface area contributed by atoms with Crippen molar-refractivity contribution in [2.45, 2.75) is 32.3 Å². The molecule has 6 heterocycles. The number of ether oxygens (including phenoxy) is 3. The van der Waals surface area contributed by atoms with Crippen molar-refractivity contribution < 1.29 is 54.9 Å². The van der Waals surface area contributed by atoms with Crippen LogP contribution in [0.15, 0.2) is 107 Å². The van der Waals surface area contributed by atoms with E-state index in [1.54, 1.807) is 72.3 Å². The van der Waals surface area contributed by atoms with Crippen molar-refractivity contribution in [3.05, 3.63) is 125 Å². The SMILES string of the molecule is Cn1nccc1CO.Cn1nccc1Cn1c(=O)oc2ccc(-c3ccc(OC(F)(F)F)cc3)nc21.O=C1Cc2nc(-c3ccc(OC(F)(F)F)cc3)ccc2O1.